The molecule has 0 amide bonds. The van der Waals surface area contributed by atoms with Gasteiger partial charge in [0.1, 0.15) is 23.9 Å². The van der Waals surface area contributed by atoms with E-state index in [4.69, 9.17) is 15.9 Å². The summed E-state index contributed by atoms with van der Waals surface area (Å²) in [5, 5.41) is 0. The number of benzene rings is 3. The predicted molar refractivity (Wildman–Crippen MR) is 124 cm³/mol. The Hall–Kier alpha value is -3.58. The SMILES string of the molecule is C#CC(C)(CCCc1ccc(F)c(Oc2ccc(F)cc2)c1)c1ccc(OCC=C)cc1. The molecule has 0 aliphatic carbocycles. The molecule has 2 nitrogen and oxygen atoms in total. The summed E-state index contributed by atoms with van der Waals surface area (Å²) < 4.78 is 38.4. The van der Waals surface area contributed by atoms with Gasteiger partial charge in [0.15, 0.2) is 11.6 Å². The molecule has 4 heteroatoms. The first-order chi connectivity index (χ1) is 15.4. The maximum atomic E-state index is 14.2. The van der Waals surface area contributed by atoms with Gasteiger partial charge in [-0.15, -0.1) is 6.42 Å². The second kappa shape index (κ2) is 10.6. The summed E-state index contributed by atoms with van der Waals surface area (Å²) >= 11 is 0. The molecule has 0 spiro atoms. The van der Waals surface area contributed by atoms with Gasteiger partial charge in [0.25, 0.3) is 0 Å². The van der Waals surface area contributed by atoms with Crippen molar-refractivity contribution in [2.75, 3.05) is 6.61 Å². The van der Waals surface area contributed by atoms with Crippen molar-refractivity contribution >= 4 is 0 Å². The lowest BCUT2D eigenvalue weighted by Gasteiger charge is -2.24. The van der Waals surface area contributed by atoms with Gasteiger partial charge in [-0.25, -0.2) is 8.78 Å². The summed E-state index contributed by atoms with van der Waals surface area (Å²) in [6.45, 7) is 6.14. The third-order valence-corrected chi connectivity index (χ3v) is 5.36. The van der Waals surface area contributed by atoms with Gasteiger partial charge in [-0.3, -0.25) is 0 Å². The Bertz CT molecular complexity index is 1080. The summed E-state index contributed by atoms with van der Waals surface area (Å²) in [6.07, 6.45) is 9.89. The van der Waals surface area contributed by atoms with Crippen molar-refractivity contribution in [3.8, 4) is 29.6 Å². The van der Waals surface area contributed by atoms with Crippen LogP contribution >= 0.6 is 0 Å². The highest BCUT2D eigenvalue weighted by molar-refractivity contribution is 5.38. The number of ether oxygens (including phenoxy) is 2. The number of hydrogen-bond acceptors (Lipinski definition) is 2. The molecular weight excluding hydrogens is 406 g/mol. The van der Waals surface area contributed by atoms with Crippen LogP contribution in [0.1, 0.15) is 30.9 Å². The lowest BCUT2D eigenvalue weighted by atomic mass is 9.78. The zero-order valence-electron chi connectivity index (χ0n) is 18.1. The fourth-order valence-electron chi connectivity index (χ4n) is 3.43. The highest BCUT2D eigenvalue weighted by atomic mass is 19.1. The van der Waals surface area contributed by atoms with Gasteiger partial charge in [0.05, 0.1) is 5.41 Å². The topological polar surface area (TPSA) is 18.5 Å². The Labute approximate surface area is 188 Å². The van der Waals surface area contributed by atoms with E-state index in [1.807, 2.05) is 31.2 Å². The van der Waals surface area contributed by atoms with Gasteiger partial charge in [-0.1, -0.05) is 36.8 Å². The molecule has 0 bridgehead atoms. The quantitative estimate of drug-likeness (QED) is 0.248. The number of halogens is 2. The monoisotopic (exact) mass is 432 g/mol. The van der Waals surface area contributed by atoms with Crippen molar-refractivity contribution in [1.82, 2.24) is 0 Å². The average molecular weight is 433 g/mol. The van der Waals surface area contributed by atoms with E-state index in [0.29, 0.717) is 12.4 Å². The van der Waals surface area contributed by atoms with Crippen LogP contribution in [0.2, 0.25) is 0 Å². The third-order valence-electron chi connectivity index (χ3n) is 5.36. The van der Waals surface area contributed by atoms with Crippen LogP contribution in [0.4, 0.5) is 8.78 Å². The van der Waals surface area contributed by atoms with Crippen LogP contribution in [0.25, 0.3) is 0 Å². The van der Waals surface area contributed by atoms with Gasteiger partial charge in [0, 0.05) is 0 Å². The molecule has 0 saturated carbocycles. The first kappa shape index (κ1) is 23.1. The molecule has 164 valence electrons. The lowest BCUT2D eigenvalue weighted by Crippen LogP contribution is -2.19. The molecule has 32 heavy (non-hydrogen) atoms. The summed E-state index contributed by atoms with van der Waals surface area (Å²) in [4.78, 5) is 0. The highest BCUT2D eigenvalue weighted by Crippen LogP contribution is 2.31. The first-order valence-corrected chi connectivity index (χ1v) is 10.5. The normalized spacial score (nSPS) is 12.4. The maximum Gasteiger partial charge on any atom is 0.165 e. The molecule has 0 aromatic heterocycles. The zero-order valence-corrected chi connectivity index (χ0v) is 18.1. The first-order valence-electron chi connectivity index (χ1n) is 10.5. The smallest absolute Gasteiger partial charge is 0.165 e. The van der Waals surface area contributed by atoms with Crippen LogP contribution in [0.15, 0.2) is 79.4 Å². The van der Waals surface area contributed by atoms with Crippen molar-refractivity contribution in [2.45, 2.75) is 31.6 Å². The number of aryl methyl sites for hydroxylation is 1. The molecule has 1 unspecified atom stereocenters. The minimum atomic E-state index is -0.467. The van der Waals surface area contributed by atoms with Gasteiger partial charge < -0.3 is 9.47 Å². The summed E-state index contributed by atoms with van der Waals surface area (Å²) in [6, 6.07) is 18.1. The number of rotatable bonds is 10. The molecule has 3 aromatic rings. The minimum Gasteiger partial charge on any atom is -0.490 e. The van der Waals surface area contributed by atoms with Crippen molar-refractivity contribution in [3.05, 3.63) is 102 Å². The van der Waals surface area contributed by atoms with Gasteiger partial charge in [0.2, 0.25) is 0 Å². The molecule has 1 atom stereocenters. The Balaban J connectivity index is 1.63. The summed E-state index contributed by atoms with van der Waals surface area (Å²) in [5.41, 5.74) is 1.56. The Kier molecular flexibility index (Phi) is 7.68. The van der Waals surface area contributed by atoms with Crippen LogP contribution in [0, 0.1) is 24.0 Å². The van der Waals surface area contributed by atoms with Crippen LogP contribution in [0.5, 0.6) is 17.2 Å². The number of hydrogen-bond donors (Lipinski definition) is 0. The molecule has 0 aliphatic rings. The van der Waals surface area contributed by atoms with Crippen molar-refractivity contribution < 1.29 is 18.3 Å². The zero-order chi connectivity index (χ0) is 23.0. The minimum absolute atomic E-state index is 0.115. The Morgan fingerprint density at radius 1 is 1.00 bits per heavy atom. The highest BCUT2D eigenvalue weighted by Gasteiger charge is 2.23. The fourth-order valence-corrected chi connectivity index (χ4v) is 3.43. The van der Waals surface area contributed by atoms with E-state index in [1.54, 1.807) is 18.2 Å². The number of terminal acetylenes is 1. The van der Waals surface area contributed by atoms with E-state index in [-0.39, 0.29) is 11.6 Å². The largest absolute Gasteiger partial charge is 0.490 e. The third kappa shape index (κ3) is 5.98. The van der Waals surface area contributed by atoms with Gasteiger partial charge in [-0.05, 0) is 85.8 Å². The van der Waals surface area contributed by atoms with Crippen LogP contribution in [0.3, 0.4) is 0 Å². The van der Waals surface area contributed by atoms with Crippen LogP contribution < -0.4 is 9.47 Å². The summed E-state index contributed by atoms with van der Waals surface area (Å²) in [5.74, 6) is 3.35. The molecule has 0 aliphatic heterocycles. The Morgan fingerprint density at radius 3 is 2.34 bits per heavy atom. The molecule has 0 saturated heterocycles. The molecule has 0 fully saturated rings. The van der Waals surface area contributed by atoms with E-state index in [2.05, 4.69) is 12.5 Å². The van der Waals surface area contributed by atoms with Crippen LogP contribution in [-0.2, 0) is 11.8 Å². The predicted octanol–water partition coefficient (Wildman–Crippen LogP) is 7.24. The van der Waals surface area contributed by atoms with E-state index in [9.17, 15) is 8.78 Å². The molecule has 3 aromatic carbocycles. The van der Waals surface area contributed by atoms with E-state index in [1.165, 1.54) is 30.3 Å². The van der Waals surface area contributed by atoms with Crippen molar-refractivity contribution in [2.24, 2.45) is 0 Å². The molecule has 0 heterocycles. The summed E-state index contributed by atoms with van der Waals surface area (Å²) in [7, 11) is 0. The molecule has 0 radical (unpaired) electrons. The van der Waals surface area contributed by atoms with Gasteiger partial charge in [-0.2, -0.15) is 0 Å². The average Bonchev–Trinajstić information content (AvgIpc) is 2.81. The van der Waals surface area contributed by atoms with E-state index in [0.717, 1.165) is 36.1 Å². The second-order valence-electron chi connectivity index (χ2n) is 7.77. The van der Waals surface area contributed by atoms with E-state index < -0.39 is 11.2 Å². The van der Waals surface area contributed by atoms with Crippen LogP contribution in [-0.4, -0.2) is 6.61 Å². The van der Waals surface area contributed by atoms with Crippen molar-refractivity contribution in [3.63, 3.8) is 0 Å². The molecule has 3 rings (SSSR count). The van der Waals surface area contributed by atoms with E-state index >= 15 is 0 Å². The van der Waals surface area contributed by atoms with Crippen molar-refractivity contribution in [1.29, 1.82) is 0 Å². The molecular formula is C28H26F2O2. The fraction of sp³-hybridized carbons (Fsp3) is 0.214. The maximum absolute atomic E-state index is 14.2. The Morgan fingerprint density at radius 2 is 1.69 bits per heavy atom. The second-order valence-corrected chi connectivity index (χ2v) is 7.77. The van der Waals surface area contributed by atoms with Gasteiger partial charge >= 0.3 is 0 Å². The lowest BCUT2D eigenvalue weighted by molar-refractivity contribution is 0.363. The molecule has 0 N–H and O–H groups in total. The standard InChI is InChI=1S/C28H26F2O2/c1-4-19-31-24-13-9-22(10-14-24)28(3,5-2)18-6-7-21-8-17-26(30)27(20-21)32-25-15-11-23(29)12-16-25/h2,4,8-17,20H,1,6-7,18-19H2,3H3.